The van der Waals surface area contributed by atoms with Crippen LogP contribution in [0.4, 0.5) is 5.82 Å². The lowest BCUT2D eigenvalue weighted by Crippen LogP contribution is -2.54. The van der Waals surface area contributed by atoms with E-state index in [1.807, 2.05) is 0 Å². The van der Waals surface area contributed by atoms with Crippen LogP contribution < -0.4 is 10.2 Å². The van der Waals surface area contributed by atoms with Crippen LogP contribution in [-0.2, 0) is 0 Å². The third-order valence-corrected chi connectivity index (χ3v) is 3.06. The Hall–Kier alpha value is -1.69. The largest absolute Gasteiger partial charge is 0.352 e. The molecular weight excluding hydrogens is 216 g/mol. The number of anilines is 1. The van der Waals surface area contributed by atoms with Gasteiger partial charge in [-0.1, -0.05) is 0 Å². The van der Waals surface area contributed by atoms with Crippen LogP contribution in [0.2, 0.25) is 0 Å². The molecule has 0 bridgehead atoms. The smallest absolute Gasteiger partial charge is 0.182 e. The summed E-state index contributed by atoms with van der Waals surface area (Å²) in [6.45, 7) is 6.28. The molecule has 0 amide bonds. The molecular formula is C11H16N6. The Balaban J connectivity index is 2.00. The molecule has 1 saturated heterocycles. The van der Waals surface area contributed by atoms with Gasteiger partial charge in [-0.15, -0.1) is 0 Å². The van der Waals surface area contributed by atoms with Crippen LogP contribution in [0.15, 0.2) is 12.7 Å². The maximum absolute atomic E-state index is 4.39. The summed E-state index contributed by atoms with van der Waals surface area (Å²) in [6, 6.07) is 0.929. The summed E-state index contributed by atoms with van der Waals surface area (Å²) >= 11 is 0. The monoisotopic (exact) mass is 232 g/mol. The Morgan fingerprint density at radius 3 is 2.71 bits per heavy atom. The number of nitrogens with one attached hydrogen (secondary N) is 2. The van der Waals surface area contributed by atoms with Gasteiger partial charge in [0.05, 0.1) is 6.33 Å². The molecule has 3 rings (SSSR count). The first-order valence-electron chi connectivity index (χ1n) is 5.89. The molecule has 0 saturated carbocycles. The molecule has 2 aromatic rings. The molecule has 1 fully saturated rings. The zero-order chi connectivity index (χ0) is 11.8. The Kier molecular flexibility index (Phi) is 2.44. The van der Waals surface area contributed by atoms with Gasteiger partial charge in [0.25, 0.3) is 0 Å². The summed E-state index contributed by atoms with van der Waals surface area (Å²) in [5.74, 6) is 0.952. The van der Waals surface area contributed by atoms with Crippen molar-refractivity contribution in [2.75, 3.05) is 18.0 Å². The fraction of sp³-hybridized carbons (Fsp3) is 0.545. The predicted molar refractivity (Wildman–Crippen MR) is 66.0 cm³/mol. The molecule has 0 spiro atoms. The van der Waals surface area contributed by atoms with Crippen molar-refractivity contribution in [3.8, 4) is 0 Å². The zero-order valence-corrected chi connectivity index (χ0v) is 10.0. The van der Waals surface area contributed by atoms with Gasteiger partial charge in [-0.05, 0) is 13.8 Å². The topological polar surface area (TPSA) is 69.7 Å². The number of fused-ring (bicyclic) bond motifs is 1. The van der Waals surface area contributed by atoms with Gasteiger partial charge in [0.15, 0.2) is 11.5 Å². The van der Waals surface area contributed by atoms with Crippen molar-refractivity contribution < 1.29 is 0 Å². The van der Waals surface area contributed by atoms with E-state index < -0.39 is 0 Å². The molecule has 17 heavy (non-hydrogen) atoms. The van der Waals surface area contributed by atoms with Gasteiger partial charge in [0, 0.05) is 25.2 Å². The number of aromatic nitrogens is 4. The van der Waals surface area contributed by atoms with E-state index in [0.717, 1.165) is 30.1 Å². The van der Waals surface area contributed by atoms with Crippen molar-refractivity contribution >= 4 is 17.0 Å². The van der Waals surface area contributed by atoms with E-state index in [1.54, 1.807) is 12.7 Å². The van der Waals surface area contributed by atoms with Gasteiger partial charge in [-0.3, -0.25) is 0 Å². The minimum absolute atomic E-state index is 0.465. The number of hydrogen-bond acceptors (Lipinski definition) is 5. The lowest BCUT2D eigenvalue weighted by molar-refractivity contribution is 0.405. The number of nitrogens with zero attached hydrogens (tertiary/aromatic N) is 4. The van der Waals surface area contributed by atoms with E-state index in [9.17, 15) is 0 Å². The number of H-pyrrole nitrogens is 1. The lowest BCUT2D eigenvalue weighted by atomic mass is 10.1. The minimum atomic E-state index is 0.465. The summed E-state index contributed by atoms with van der Waals surface area (Å²) in [7, 11) is 0. The molecule has 0 radical (unpaired) electrons. The van der Waals surface area contributed by atoms with Crippen LogP contribution in [0, 0.1) is 0 Å². The van der Waals surface area contributed by atoms with E-state index in [-0.39, 0.29) is 0 Å². The summed E-state index contributed by atoms with van der Waals surface area (Å²) in [5.41, 5.74) is 1.66. The molecule has 0 aromatic carbocycles. The molecule has 90 valence electrons. The fourth-order valence-corrected chi connectivity index (χ4v) is 2.49. The van der Waals surface area contributed by atoms with Crippen molar-refractivity contribution in [3.05, 3.63) is 12.7 Å². The summed E-state index contributed by atoms with van der Waals surface area (Å²) in [4.78, 5) is 18.1. The van der Waals surface area contributed by atoms with Crippen molar-refractivity contribution in [2.45, 2.75) is 25.9 Å². The first-order valence-corrected chi connectivity index (χ1v) is 5.89. The Bertz CT molecular complexity index is 511. The van der Waals surface area contributed by atoms with Crippen molar-refractivity contribution in [1.29, 1.82) is 0 Å². The van der Waals surface area contributed by atoms with Gasteiger partial charge in [0.2, 0.25) is 0 Å². The molecule has 2 aromatic heterocycles. The van der Waals surface area contributed by atoms with E-state index in [2.05, 4.69) is 44.0 Å². The number of aromatic amines is 1. The fourth-order valence-electron chi connectivity index (χ4n) is 2.49. The molecule has 1 aliphatic rings. The Morgan fingerprint density at radius 2 is 1.94 bits per heavy atom. The average molecular weight is 232 g/mol. The molecule has 2 atom stereocenters. The summed E-state index contributed by atoms with van der Waals surface area (Å²) in [5, 5.41) is 3.51. The predicted octanol–water partition coefficient (Wildman–Crippen LogP) is 0.539. The van der Waals surface area contributed by atoms with Crippen LogP contribution >= 0.6 is 0 Å². The molecule has 3 heterocycles. The highest BCUT2D eigenvalue weighted by atomic mass is 15.3. The van der Waals surface area contributed by atoms with Crippen LogP contribution in [-0.4, -0.2) is 45.1 Å². The van der Waals surface area contributed by atoms with Gasteiger partial charge in [0.1, 0.15) is 11.8 Å². The molecule has 6 nitrogen and oxygen atoms in total. The molecule has 6 heteroatoms. The summed E-state index contributed by atoms with van der Waals surface area (Å²) in [6.07, 6.45) is 3.24. The SMILES string of the molecule is CC1CN(c2ncnc3nc[nH]c23)CC(C)N1. The standard InChI is InChI=1S/C11H16N6/c1-7-3-17(4-8(2)16-7)11-9-10(13-5-12-9)14-6-15-11/h5-8,16H,3-4H2,1-2H3,(H,12,13,14,15). The van der Waals surface area contributed by atoms with Gasteiger partial charge in [-0.2, -0.15) is 0 Å². The number of rotatable bonds is 1. The van der Waals surface area contributed by atoms with Crippen molar-refractivity contribution in [2.24, 2.45) is 0 Å². The van der Waals surface area contributed by atoms with E-state index in [4.69, 9.17) is 0 Å². The molecule has 2 N–H and O–H groups in total. The van der Waals surface area contributed by atoms with Crippen LogP contribution in [0.5, 0.6) is 0 Å². The summed E-state index contributed by atoms with van der Waals surface area (Å²) < 4.78 is 0. The number of piperazine rings is 1. The third-order valence-electron chi connectivity index (χ3n) is 3.06. The maximum Gasteiger partial charge on any atom is 0.182 e. The second kappa shape index (κ2) is 3.96. The van der Waals surface area contributed by atoms with E-state index in [0.29, 0.717) is 12.1 Å². The highest BCUT2D eigenvalue weighted by Crippen LogP contribution is 2.21. The highest BCUT2D eigenvalue weighted by Gasteiger charge is 2.23. The first-order chi connectivity index (χ1) is 8.24. The number of imidazole rings is 1. The normalized spacial score (nSPS) is 25.4. The second-order valence-electron chi connectivity index (χ2n) is 4.67. The van der Waals surface area contributed by atoms with Crippen LogP contribution in [0.25, 0.3) is 11.2 Å². The van der Waals surface area contributed by atoms with Crippen molar-refractivity contribution in [1.82, 2.24) is 25.3 Å². The van der Waals surface area contributed by atoms with Gasteiger partial charge in [-0.25, -0.2) is 15.0 Å². The zero-order valence-electron chi connectivity index (χ0n) is 10.0. The van der Waals surface area contributed by atoms with Crippen molar-refractivity contribution in [3.63, 3.8) is 0 Å². The minimum Gasteiger partial charge on any atom is -0.352 e. The van der Waals surface area contributed by atoms with Crippen LogP contribution in [0.1, 0.15) is 13.8 Å². The van der Waals surface area contributed by atoms with E-state index in [1.165, 1.54) is 0 Å². The average Bonchev–Trinajstić information content (AvgIpc) is 2.75. The Morgan fingerprint density at radius 1 is 1.18 bits per heavy atom. The second-order valence-corrected chi connectivity index (χ2v) is 4.67. The lowest BCUT2D eigenvalue weighted by Gasteiger charge is -2.36. The molecule has 2 unspecified atom stereocenters. The first kappa shape index (κ1) is 10.5. The number of hydrogen-bond donors (Lipinski definition) is 2. The Labute approximate surface area is 99.5 Å². The van der Waals surface area contributed by atoms with Gasteiger partial charge >= 0.3 is 0 Å². The maximum atomic E-state index is 4.39. The molecule has 1 aliphatic heterocycles. The van der Waals surface area contributed by atoms with Crippen LogP contribution in [0.3, 0.4) is 0 Å². The quantitative estimate of drug-likeness (QED) is 0.751. The highest BCUT2D eigenvalue weighted by molar-refractivity contribution is 5.82. The molecule has 0 aliphatic carbocycles. The van der Waals surface area contributed by atoms with E-state index >= 15 is 0 Å². The van der Waals surface area contributed by atoms with Gasteiger partial charge < -0.3 is 15.2 Å². The third kappa shape index (κ3) is 1.84.